The molecule has 0 radical (unpaired) electrons. The number of benzene rings is 1. The molecule has 1 saturated heterocycles. The molecule has 1 aromatic rings. The van der Waals surface area contributed by atoms with Crippen LogP contribution in [0.15, 0.2) is 18.2 Å². The lowest BCUT2D eigenvalue weighted by atomic mass is 9.96. The van der Waals surface area contributed by atoms with E-state index in [4.69, 9.17) is 4.74 Å². The summed E-state index contributed by atoms with van der Waals surface area (Å²) in [4.78, 5) is 4.87. The van der Waals surface area contributed by atoms with Gasteiger partial charge in [-0.15, -0.1) is 0 Å². The van der Waals surface area contributed by atoms with Gasteiger partial charge in [0.05, 0.1) is 19.3 Å². The molecule has 1 unspecified atom stereocenters. The first-order valence-electron chi connectivity index (χ1n) is 9.14. The van der Waals surface area contributed by atoms with Crippen molar-refractivity contribution >= 4 is 5.69 Å². The highest BCUT2D eigenvalue weighted by molar-refractivity contribution is 5.57. The first kappa shape index (κ1) is 16.7. The summed E-state index contributed by atoms with van der Waals surface area (Å²) in [6, 6.07) is 6.58. The third-order valence-corrected chi connectivity index (χ3v) is 5.02. The molecule has 0 bridgehead atoms. The molecule has 1 fully saturated rings. The number of nitrogens with zero attached hydrogens (tertiary/aromatic N) is 2. The van der Waals surface area contributed by atoms with Crippen molar-refractivity contribution in [3.05, 3.63) is 29.3 Å². The zero-order valence-electron chi connectivity index (χ0n) is 14.3. The Bertz CT molecular complexity index is 500. The van der Waals surface area contributed by atoms with Crippen LogP contribution in [0.1, 0.15) is 43.4 Å². The fraction of sp³-hybridized carbons (Fsp3) is 0.684. The van der Waals surface area contributed by atoms with Crippen LogP contribution >= 0.6 is 0 Å². The number of anilines is 1. The number of hydrogen-bond donors (Lipinski definition) is 1. The van der Waals surface area contributed by atoms with Gasteiger partial charge in [-0.1, -0.05) is 19.1 Å². The second kappa shape index (κ2) is 8.13. The highest BCUT2D eigenvalue weighted by Gasteiger charge is 2.19. The van der Waals surface area contributed by atoms with Crippen LogP contribution in [0.3, 0.4) is 0 Å². The van der Waals surface area contributed by atoms with Gasteiger partial charge < -0.3 is 14.7 Å². The molecule has 4 heteroatoms. The van der Waals surface area contributed by atoms with Gasteiger partial charge in [0.15, 0.2) is 0 Å². The summed E-state index contributed by atoms with van der Waals surface area (Å²) in [6.45, 7) is 9.10. The summed E-state index contributed by atoms with van der Waals surface area (Å²) in [5.41, 5.74) is 3.87. The zero-order valence-corrected chi connectivity index (χ0v) is 14.3. The van der Waals surface area contributed by atoms with Gasteiger partial charge in [0.1, 0.15) is 0 Å². The van der Waals surface area contributed by atoms with E-state index in [0.29, 0.717) is 0 Å². The van der Waals surface area contributed by atoms with Crippen LogP contribution in [0.5, 0.6) is 0 Å². The van der Waals surface area contributed by atoms with E-state index in [2.05, 4.69) is 34.9 Å². The Morgan fingerprint density at radius 1 is 1.17 bits per heavy atom. The SMILES string of the molecule is CCCN1CCCc2cc(C(O)CCN3CCOCC3)ccc21. The van der Waals surface area contributed by atoms with Crippen LogP contribution in [0.25, 0.3) is 0 Å². The maximum absolute atomic E-state index is 10.6. The molecule has 2 aliphatic heterocycles. The zero-order chi connectivity index (χ0) is 16.1. The summed E-state index contributed by atoms with van der Waals surface area (Å²) in [7, 11) is 0. The van der Waals surface area contributed by atoms with Crippen molar-refractivity contribution in [1.82, 2.24) is 4.90 Å². The second-order valence-electron chi connectivity index (χ2n) is 6.74. The van der Waals surface area contributed by atoms with Gasteiger partial charge in [0.25, 0.3) is 0 Å². The van der Waals surface area contributed by atoms with E-state index in [1.54, 1.807) is 0 Å². The Labute approximate surface area is 140 Å². The topological polar surface area (TPSA) is 35.9 Å². The molecule has 23 heavy (non-hydrogen) atoms. The van der Waals surface area contributed by atoms with Crippen LogP contribution in [0.4, 0.5) is 5.69 Å². The minimum absolute atomic E-state index is 0.357. The smallest absolute Gasteiger partial charge is 0.0802 e. The Hall–Kier alpha value is -1.10. The lowest BCUT2D eigenvalue weighted by Crippen LogP contribution is -2.37. The molecule has 0 spiro atoms. The van der Waals surface area contributed by atoms with Gasteiger partial charge in [-0.25, -0.2) is 0 Å². The molecule has 0 saturated carbocycles. The van der Waals surface area contributed by atoms with Crippen molar-refractivity contribution in [2.24, 2.45) is 0 Å². The van der Waals surface area contributed by atoms with Crippen LogP contribution in [0.2, 0.25) is 0 Å². The lowest BCUT2D eigenvalue weighted by molar-refractivity contribution is 0.0300. The highest BCUT2D eigenvalue weighted by Crippen LogP contribution is 2.30. The van der Waals surface area contributed by atoms with Gasteiger partial charge in [0, 0.05) is 38.4 Å². The van der Waals surface area contributed by atoms with Crippen molar-refractivity contribution in [2.75, 3.05) is 50.8 Å². The molecule has 2 aliphatic rings. The standard InChI is InChI=1S/C19H30N2O2/c1-2-8-21-9-3-4-16-15-17(5-6-18(16)21)19(22)7-10-20-11-13-23-14-12-20/h5-6,15,19,22H,2-4,7-14H2,1H3. The molecule has 4 nitrogen and oxygen atoms in total. The number of rotatable bonds is 6. The molecule has 128 valence electrons. The normalized spacial score (nSPS) is 20.3. The fourth-order valence-corrected chi connectivity index (χ4v) is 3.70. The minimum Gasteiger partial charge on any atom is -0.388 e. The largest absolute Gasteiger partial charge is 0.388 e. The monoisotopic (exact) mass is 318 g/mol. The van der Waals surface area contributed by atoms with Crippen LogP contribution in [0, 0.1) is 0 Å². The summed E-state index contributed by atoms with van der Waals surface area (Å²) >= 11 is 0. The van der Waals surface area contributed by atoms with E-state index in [0.717, 1.165) is 57.8 Å². The molecule has 1 aromatic carbocycles. The third-order valence-electron chi connectivity index (χ3n) is 5.02. The summed E-state index contributed by atoms with van der Waals surface area (Å²) in [5.74, 6) is 0. The lowest BCUT2D eigenvalue weighted by Gasteiger charge is -2.32. The molecule has 0 aliphatic carbocycles. The number of fused-ring (bicyclic) bond motifs is 1. The summed E-state index contributed by atoms with van der Waals surface area (Å²) < 4.78 is 5.37. The quantitative estimate of drug-likeness (QED) is 0.875. The molecule has 2 heterocycles. The Morgan fingerprint density at radius 2 is 2.00 bits per heavy atom. The predicted octanol–water partition coefficient (Wildman–Crippen LogP) is 2.60. The Balaban J connectivity index is 1.61. The van der Waals surface area contributed by atoms with Gasteiger partial charge in [-0.3, -0.25) is 4.90 Å². The van der Waals surface area contributed by atoms with Crippen LogP contribution < -0.4 is 4.90 Å². The van der Waals surface area contributed by atoms with E-state index < -0.39 is 0 Å². The molecular formula is C19H30N2O2. The number of aliphatic hydroxyl groups is 1. The minimum atomic E-state index is -0.357. The van der Waals surface area contributed by atoms with Gasteiger partial charge in [0.2, 0.25) is 0 Å². The van der Waals surface area contributed by atoms with E-state index in [9.17, 15) is 5.11 Å². The molecule has 1 atom stereocenters. The molecule has 0 aromatic heterocycles. The van der Waals surface area contributed by atoms with Gasteiger partial charge >= 0.3 is 0 Å². The first-order valence-corrected chi connectivity index (χ1v) is 9.14. The van der Waals surface area contributed by atoms with E-state index >= 15 is 0 Å². The molecule has 3 rings (SSSR count). The average Bonchev–Trinajstić information content (AvgIpc) is 2.60. The predicted molar refractivity (Wildman–Crippen MR) is 94.1 cm³/mol. The fourth-order valence-electron chi connectivity index (χ4n) is 3.70. The third kappa shape index (κ3) is 4.25. The number of morpholine rings is 1. The van der Waals surface area contributed by atoms with Crippen molar-refractivity contribution < 1.29 is 9.84 Å². The summed E-state index contributed by atoms with van der Waals surface area (Å²) in [6.07, 6.45) is 3.99. The average molecular weight is 318 g/mol. The maximum atomic E-state index is 10.6. The molecule has 0 amide bonds. The van der Waals surface area contributed by atoms with E-state index in [1.165, 1.54) is 30.6 Å². The van der Waals surface area contributed by atoms with Crippen molar-refractivity contribution in [3.63, 3.8) is 0 Å². The number of hydrogen-bond acceptors (Lipinski definition) is 4. The first-order chi connectivity index (χ1) is 11.3. The maximum Gasteiger partial charge on any atom is 0.0802 e. The molecular weight excluding hydrogens is 288 g/mol. The Morgan fingerprint density at radius 3 is 2.78 bits per heavy atom. The van der Waals surface area contributed by atoms with Crippen LogP contribution in [-0.2, 0) is 11.2 Å². The van der Waals surface area contributed by atoms with Crippen LogP contribution in [-0.4, -0.2) is 55.9 Å². The second-order valence-corrected chi connectivity index (χ2v) is 6.74. The number of aliphatic hydroxyl groups excluding tert-OH is 1. The summed E-state index contributed by atoms with van der Waals surface area (Å²) in [5, 5.41) is 10.6. The van der Waals surface area contributed by atoms with E-state index in [-0.39, 0.29) is 6.10 Å². The van der Waals surface area contributed by atoms with Crippen molar-refractivity contribution in [2.45, 2.75) is 38.7 Å². The number of aryl methyl sites for hydroxylation is 1. The van der Waals surface area contributed by atoms with Crippen molar-refractivity contribution in [3.8, 4) is 0 Å². The molecule has 1 N–H and O–H groups in total. The van der Waals surface area contributed by atoms with Crippen molar-refractivity contribution in [1.29, 1.82) is 0 Å². The van der Waals surface area contributed by atoms with Gasteiger partial charge in [-0.05, 0) is 42.9 Å². The van der Waals surface area contributed by atoms with Gasteiger partial charge in [-0.2, -0.15) is 0 Å². The highest BCUT2D eigenvalue weighted by atomic mass is 16.5. The Kier molecular flexibility index (Phi) is 5.92. The van der Waals surface area contributed by atoms with E-state index in [1.807, 2.05) is 0 Å². The number of ether oxygens (including phenoxy) is 1.